The molecule has 2 unspecified atom stereocenters. The zero-order valence-electron chi connectivity index (χ0n) is 14.7. The van der Waals surface area contributed by atoms with Crippen LogP contribution in [-0.2, 0) is 11.3 Å². The lowest BCUT2D eigenvalue weighted by Crippen LogP contribution is -2.49. The number of carbonyl (C=O) groups excluding carboxylic acids is 2. The molecule has 2 heterocycles. The van der Waals surface area contributed by atoms with Gasteiger partial charge in [-0.3, -0.25) is 9.69 Å². The van der Waals surface area contributed by atoms with Gasteiger partial charge in [-0.15, -0.1) is 0 Å². The van der Waals surface area contributed by atoms with E-state index in [-0.39, 0.29) is 17.9 Å². The second kappa shape index (κ2) is 8.34. The number of benzene rings is 1. The highest BCUT2D eigenvalue weighted by Gasteiger charge is 2.30. The van der Waals surface area contributed by atoms with E-state index in [1.807, 2.05) is 6.07 Å². The number of urea groups is 1. The van der Waals surface area contributed by atoms with Crippen molar-refractivity contribution >= 4 is 11.9 Å². The second-order valence-corrected chi connectivity index (χ2v) is 7.13. The lowest BCUT2D eigenvalue weighted by Gasteiger charge is -2.36. The summed E-state index contributed by atoms with van der Waals surface area (Å²) in [5.41, 5.74) is 6.65. The topological polar surface area (TPSA) is 78.7 Å². The first-order valence-corrected chi connectivity index (χ1v) is 9.23. The smallest absolute Gasteiger partial charge is 0.317 e. The van der Waals surface area contributed by atoms with Crippen molar-refractivity contribution in [2.45, 2.75) is 38.3 Å². The van der Waals surface area contributed by atoms with Gasteiger partial charge in [0.15, 0.2) is 0 Å². The molecule has 1 aromatic rings. The predicted octanol–water partition coefficient (Wildman–Crippen LogP) is 1.56. The van der Waals surface area contributed by atoms with Crippen LogP contribution >= 0.6 is 0 Å². The summed E-state index contributed by atoms with van der Waals surface area (Å²) >= 11 is 0. The monoisotopic (exact) mass is 344 g/mol. The standard InChI is InChI=1S/C19H28N4O2/c20-18(24)16-9-11-23(14-16)19(25)21-12-17-8-4-5-10-22(17)13-15-6-2-1-3-7-15/h1-3,6-7,16-17H,4-5,8-14H2,(H2,20,24)(H,21,25). The van der Waals surface area contributed by atoms with Crippen LogP contribution in [0.25, 0.3) is 0 Å². The van der Waals surface area contributed by atoms with E-state index < -0.39 is 0 Å². The molecule has 6 nitrogen and oxygen atoms in total. The fourth-order valence-electron chi connectivity index (χ4n) is 3.81. The maximum Gasteiger partial charge on any atom is 0.317 e. The minimum atomic E-state index is -0.309. The first kappa shape index (κ1) is 17.7. The molecule has 2 fully saturated rings. The highest BCUT2D eigenvalue weighted by Crippen LogP contribution is 2.20. The van der Waals surface area contributed by atoms with Crippen molar-refractivity contribution in [1.29, 1.82) is 0 Å². The lowest BCUT2D eigenvalue weighted by molar-refractivity contribution is -0.121. The van der Waals surface area contributed by atoms with E-state index in [0.29, 0.717) is 32.1 Å². The van der Waals surface area contributed by atoms with Crippen LogP contribution in [-0.4, -0.2) is 54.0 Å². The molecule has 2 saturated heterocycles. The van der Waals surface area contributed by atoms with E-state index >= 15 is 0 Å². The van der Waals surface area contributed by atoms with E-state index in [1.165, 1.54) is 18.4 Å². The van der Waals surface area contributed by atoms with Crippen LogP contribution in [0.3, 0.4) is 0 Å². The SMILES string of the molecule is NC(=O)C1CCN(C(=O)NCC2CCCCN2Cc2ccccc2)C1. The molecule has 0 aliphatic carbocycles. The Kier molecular flexibility index (Phi) is 5.91. The highest BCUT2D eigenvalue weighted by molar-refractivity contribution is 5.80. The van der Waals surface area contributed by atoms with Gasteiger partial charge in [0.2, 0.25) is 5.91 Å². The predicted molar refractivity (Wildman–Crippen MR) is 96.8 cm³/mol. The first-order chi connectivity index (χ1) is 12.1. The Balaban J connectivity index is 1.50. The Hall–Kier alpha value is -2.08. The van der Waals surface area contributed by atoms with Crippen molar-refractivity contribution in [3.05, 3.63) is 35.9 Å². The molecule has 0 saturated carbocycles. The molecular weight excluding hydrogens is 316 g/mol. The van der Waals surface area contributed by atoms with Gasteiger partial charge in [-0.1, -0.05) is 36.8 Å². The largest absolute Gasteiger partial charge is 0.369 e. The van der Waals surface area contributed by atoms with Crippen molar-refractivity contribution in [2.75, 3.05) is 26.2 Å². The highest BCUT2D eigenvalue weighted by atomic mass is 16.2. The van der Waals surface area contributed by atoms with Crippen LogP contribution in [0.5, 0.6) is 0 Å². The molecule has 3 amide bonds. The Labute approximate surface area is 149 Å². The number of hydrogen-bond acceptors (Lipinski definition) is 3. The number of likely N-dealkylation sites (tertiary alicyclic amines) is 2. The van der Waals surface area contributed by atoms with Gasteiger partial charge in [0.05, 0.1) is 5.92 Å². The Morgan fingerprint density at radius 1 is 1.12 bits per heavy atom. The normalized spacial score (nSPS) is 24.2. The number of rotatable bonds is 5. The third-order valence-corrected chi connectivity index (χ3v) is 5.34. The molecule has 2 aliphatic rings. The van der Waals surface area contributed by atoms with Crippen molar-refractivity contribution in [2.24, 2.45) is 11.7 Å². The number of hydrogen-bond donors (Lipinski definition) is 2. The van der Waals surface area contributed by atoms with E-state index in [9.17, 15) is 9.59 Å². The van der Waals surface area contributed by atoms with Gasteiger partial charge >= 0.3 is 6.03 Å². The van der Waals surface area contributed by atoms with Crippen molar-refractivity contribution in [3.63, 3.8) is 0 Å². The molecule has 0 bridgehead atoms. The van der Waals surface area contributed by atoms with E-state index in [2.05, 4.69) is 34.5 Å². The number of primary amides is 1. The molecular formula is C19H28N4O2. The molecule has 0 radical (unpaired) electrons. The molecule has 6 heteroatoms. The quantitative estimate of drug-likeness (QED) is 0.851. The minimum absolute atomic E-state index is 0.0750. The van der Waals surface area contributed by atoms with E-state index in [0.717, 1.165) is 19.5 Å². The van der Waals surface area contributed by atoms with Crippen LogP contribution < -0.4 is 11.1 Å². The number of nitrogens with zero attached hydrogens (tertiary/aromatic N) is 2. The molecule has 25 heavy (non-hydrogen) atoms. The zero-order chi connectivity index (χ0) is 17.6. The van der Waals surface area contributed by atoms with Gasteiger partial charge in [0, 0.05) is 32.2 Å². The fraction of sp³-hybridized carbons (Fsp3) is 0.579. The molecule has 2 aliphatic heterocycles. The van der Waals surface area contributed by atoms with Crippen LogP contribution in [0, 0.1) is 5.92 Å². The van der Waals surface area contributed by atoms with Gasteiger partial charge in [-0.05, 0) is 31.4 Å². The number of piperidine rings is 1. The first-order valence-electron chi connectivity index (χ1n) is 9.23. The van der Waals surface area contributed by atoms with Gasteiger partial charge < -0.3 is 16.0 Å². The zero-order valence-corrected chi connectivity index (χ0v) is 14.7. The summed E-state index contributed by atoms with van der Waals surface area (Å²) in [6, 6.07) is 10.8. The van der Waals surface area contributed by atoms with Crippen molar-refractivity contribution < 1.29 is 9.59 Å². The van der Waals surface area contributed by atoms with E-state index in [1.54, 1.807) is 4.90 Å². The minimum Gasteiger partial charge on any atom is -0.369 e. The number of nitrogens with two attached hydrogens (primary N) is 1. The summed E-state index contributed by atoms with van der Waals surface area (Å²) in [5.74, 6) is -0.508. The van der Waals surface area contributed by atoms with Crippen LogP contribution in [0.4, 0.5) is 4.79 Å². The maximum atomic E-state index is 12.4. The summed E-state index contributed by atoms with van der Waals surface area (Å²) in [7, 11) is 0. The van der Waals surface area contributed by atoms with Crippen LogP contribution in [0.2, 0.25) is 0 Å². The van der Waals surface area contributed by atoms with Gasteiger partial charge in [-0.25, -0.2) is 4.79 Å². The summed E-state index contributed by atoms with van der Waals surface area (Å²) in [6.45, 7) is 3.71. The Morgan fingerprint density at radius 2 is 1.92 bits per heavy atom. The van der Waals surface area contributed by atoms with Crippen LogP contribution in [0.1, 0.15) is 31.2 Å². The average molecular weight is 344 g/mol. The number of carbonyl (C=O) groups is 2. The second-order valence-electron chi connectivity index (χ2n) is 7.13. The summed E-state index contributed by atoms with van der Waals surface area (Å²) in [6.07, 6.45) is 4.20. The van der Waals surface area contributed by atoms with Crippen LogP contribution in [0.15, 0.2) is 30.3 Å². The van der Waals surface area contributed by atoms with Crippen molar-refractivity contribution in [1.82, 2.24) is 15.1 Å². The third kappa shape index (κ3) is 4.72. The molecule has 1 aromatic carbocycles. The van der Waals surface area contributed by atoms with Crippen molar-refractivity contribution in [3.8, 4) is 0 Å². The summed E-state index contributed by atoms with van der Waals surface area (Å²) in [5, 5.41) is 3.06. The van der Waals surface area contributed by atoms with Gasteiger partial charge in [0.1, 0.15) is 0 Å². The third-order valence-electron chi connectivity index (χ3n) is 5.34. The summed E-state index contributed by atoms with van der Waals surface area (Å²) < 4.78 is 0. The van der Waals surface area contributed by atoms with E-state index in [4.69, 9.17) is 5.73 Å². The average Bonchev–Trinajstić information content (AvgIpc) is 3.12. The molecule has 0 spiro atoms. The fourth-order valence-corrected chi connectivity index (χ4v) is 3.81. The molecule has 3 rings (SSSR count). The lowest BCUT2D eigenvalue weighted by atomic mass is 10.0. The molecule has 136 valence electrons. The Morgan fingerprint density at radius 3 is 2.64 bits per heavy atom. The number of nitrogens with one attached hydrogen (secondary N) is 1. The Bertz CT molecular complexity index is 592. The molecule has 2 atom stereocenters. The maximum absolute atomic E-state index is 12.4. The summed E-state index contributed by atoms with van der Waals surface area (Å²) in [4.78, 5) is 27.8. The van der Waals surface area contributed by atoms with Gasteiger partial charge in [-0.2, -0.15) is 0 Å². The number of amides is 3. The molecule has 0 aromatic heterocycles. The molecule has 3 N–H and O–H groups in total. The van der Waals surface area contributed by atoms with Gasteiger partial charge in [0.25, 0.3) is 0 Å².